The van der Waals surface area contributed by atoms with Crippen LogP contribution in [0.1, 0.15) is 85.3 Å². The summed E-state index contributed by atoms with van der Waals surface area (Å²) in [6.07, 6.45) is 5.99. The average Bonchev–Trinajstić information content (AvgIpc) is 3.35. The predicted octanol–water partition coefficient (Wildman–Crippen LogP) is 4.88. The number of hydrogen-bond donors (Lipinski definition) is 3. The lowest BCUT2D eigenvalue weighted by Gasteiger charge is -2.23. The van der Waals surface area contributed by atoms with Crippen molar-refractivity contribution in [2.45, 2.75) is 86.0 Å². The summed E-state index contributed by atoms with van der Waals surface area (Å²) in [6, 6.07) is 11.4. The van der Waals surface area contributed by atoms with E-state index >= 15 is 0 Å². The van der Waals surface area contributed by atoms with Gasteiger partial charge in [0.25, 0.3) is 0 Å². The summed E-state index contributed by atoms with van der Waals surface area (Å²) in [5.74, 6) is 0.178. The second-order valence-electron chi connectivity index (χ2n) is 10.4. The predicted molar refractivity (Wildman–Crippen MR) is 160 cm³/mol. The number of phenols is 1. The monoisotopic (exact) mass is 526 g/mol. The zero-order valence-electron chi connectivity index (χ0n) is 25.1. The Morgan fingerprint density at radius 1 is 1.03 bits per heavy atom. The molecule has 0 amide bonds. The zero-order valence-corrected chi connectivity index (χ0v) is 25.1. The summed E-state index contributed by atoms with van der Waals surface area (Å²) in [5, 5.41) is 22.9. The van der Waals surface area contributed by atoms with E-state index in [1.54, 1.807) is 4.90 Å². The molecule has 3 aromatic rings. The number of benzene rings is 2. The number of carbonyl (C=O) groups excluding carboxylic acids is 1. The maximum atomic E-state index is 10.8. The van der Waals surface area contributed by atoms with E-state index in [2.05, 4.69) is 29.4 Å². The molecular weight excluding hydrogens is 474 g/mol. The molecule has 1 aromatic heterocycles. The third kappa shape index (κ3) is 10.5. The number of quaternary nitrogens is 1. The highest BCUT2D eigenvalue weighted by molar-refractivity contribution is 5.73. The van der Waals surface area contributed by atoms with Gasteiger partial charge < -0.3 is 20.1 Å². The third-order valence-electron chi connectivity index (χ3n) is 6.35. The highest BCUT2D eigenvalue weighted by Crippen LogP contribution is 2.36. The summed E-state index contributed by atoms with van der Waals surface area (Å²) in [6.45, 7) is 19.8. The molecule has 0 fully saturated rings. The topological polar surface area (TPSA) is 84.5 Å². The van der Waals surface area contributed by atoms with Crippen molar-refractivity contribution >= 4 is 17.3 Å². The molecule has 1 atom stereocenters. The van der Waals surface area contributed by atoms with Gasteiger partial charge in [-0.05, 0) is 56.0 Å². The summed E-state index contributed by atoms with van der Waals surface area (Å²) in [4.78, 5) is 13.9. The number of nitrogens with one attached hydrogen (secondary N) is 2. The van der Waals surface area contributed by atoms with E-state index in [4.69, 9.17) is 0 Å². The molecule has 0 spiro atoms. The van der Waals surface area contributed by atoms with Crippen LogP contribution in [0.2, 0.25) is 0 Å². The number of rotatable bonds is 12. The van der Waals surface area contributed by atoms with Crippen LogP contribution in [-0.4, -0.2) is 59.6 Å². The van der Waals surface area contributed by atoms with Gasteiger partial charge in [0.1, 0.15) is 28.8 Å². The first-order valence-electron chi connectivity index (χ1n) is 14.4. The zero-order chi connectivity index (χ0) is 28.6. The SMILES string of the molecule is CC.CC(C)(C)c1cc(CCC=O)cc(-n2nc3ccccc3n2)c1O.CCCC[NH+](CC)CCCNC. The molecule has 3 rings (SSSR count). The van der Waals surface area contributed by atoms with Crippen molar-refractivity contribution in [3.8, 4) is 11.4 Å². The number of hydrogen-bond acceptors (Lipinski definition) is 5. The fourth-order valence-corrected chi connectivity index (χ4v) is 4.16. The number of aldehydes is 1. The van der Waals surface area contributed by atoms with Crippen LogP contribution in [0.25, 0.3) is 16.7 Å². The van der Waals surface area contributed by atoms with Gasteiger partial charge in [0.15, 0.2) is 0 Å². The number of aromatic nitrogens is 3. The van der Waals surface area contributed by atoms with Gasteiger partial charge in [-0.2, -0.15) is 0 Å². The van der Waals surface area contributed by atoms with E-state index in [-0.39, 0.29) is 11.2 Å². The molecule has 0 radical (unpaired) electrons. The summed E-state index contributed by atoms with van der Waals surface area (Å²) >= 11 is 0. The Balaban J connectivity index is 0.000000439. The van der Waals surface area contributed by atoms with Gasteiger partial charge in [-0.3, -0.25) is 0 Å². The largest absolute Gasteiger partial charge is 0.505 e. The van der Waals surface area contributed by atoms with Gasteiger partial charge in [-0.25, -0.2) is 0 Å². The molecule has 0 saturated heterocycles. The van der Waals surface area contributed by atoms with E-state index in [1.165, 1.54) is 43.7 Å². The molecule has 38 heavy (non-hydrogen) atoms. The van der Waals surface area contributed by atoms with Crippen molar-refractivity contribution in [2.24, 2.45) is 0 Å². The van der Waals surface area contributed by atoms with Crippen LogP contribution in [-0.2, 0) is 16.6 Å². The Morgan fingerprint density at radius 2 is 1.63 bits per heavy atom. The van der Waals surface area contributed by atoms with E-state index in [0.29, 0.717) is 18.5 Å². The molecule has 0 aliphatic rings. The van der Waals surface area contributed by atoms with Crippen LogP contribution in [0.5, 0.6) is 5.75 Å². The molecule has 1 unspecified atom stereocenters. The minimum Gasteiger partial charge on any atom is -0.505 e. The minimum absolute atomic E-state index is 0.178. The van der Waals surface area contributed by atoms with Gasteiger partial charge in [0.2, 0.25) is 0 Å². The quantitative estimate of drug-likeness (QED) is 0.231. The van der Waals surface area contributed by atoms with E-state index < -0.39 is 0 Å². The Labute approximate surface area is 230 Å². The van der Waals surface area contributed by atoms with E-state index in [9.17, 15) is 9.90 Å². The lowest BCUT2D eigenvalue weighted by molar-refractivity contribution is -0.898. The molecule has 0 aliphatic heterocycles. The van der Waals surface area contributed by atoms with Crippen LogP contribution >= 0.6 is 0 Å². The molecule has 1 heterocycles. The number of phenolic OH excluding ortho intramolecular Hbond substituents is 1. The van der Waals surface area contributed by atoms with Crippen LogP contribution in [0.4, 0.5) is 0 Å². The molecule has 7 nitrogen and oxygen atoms in total. The Hall–Kier alpha value is -2.77. The first-order chi connectivity index (χ1) is 18.2. The minimum atomic E-state index is -0.234. The first kappa shape index (κ1) is 33.3. The lowest BCUT2D eigenvalue weighted by atomic mass is 9.84. The number of aryl methyl sites for hydroxylation is 1. The van der Waals surface area contributed by atoms with Crippen molar-refractivity contribution in [3.63, 3.8) is 0 Å². The van der Waals surface area contributed by atoms with E-state index in [0.717, 1.165) is 35.0 Å². The normalized spacial score (nSPS) is 11.8. The number of nitrogens with zero attached hydrogens (tertiary/aromatic N) is 3. The van der Waals surface area contributed by atoms with Crippen molar-refractivity contribution in [1.29, 1.82) is 0 Å². The van der Waals surface area contributed by atoms with Crippen molar-refractivity contribution < 1.29 is 14.8 Å². The molecule has 0 saturated carbocycles. The standard InChI is InChI=1S/C19H21N3O2.C10H24N2.C2H6/c1-19(2,3)14-11-13(7-6-10-23)12-17(18(14)24)22-20-15-8-4-5-9-16(15)21-22;1-4-6-9-12(5-2)10-7-8-11-3;1-2/h4-5,8-12,24H,6-7H2,1-3H3;11H,4-10H2,1-3H3;1-2H3/p+1. The lowest BCUT2D eigenvalue weighted by Crippen LogP contribution is -3.11. The second-order valence-corrected chi connectivity index (χ2v) is 10.4. The fraction of sp³-hybridized carbons (Fsp3) is 0.581. The molecule has 0 aliphatic carbocycles. The van der Waals surface area contributed by atoms with E-state index in [1.807, 2.05) is 78.1 Å². The van der Waals surface area contributed by atoms with Crippen molar-refractivity contribution in [1.82, 2.24) is 20.3 Å². The highest BCUT2D eigenvalue weighted by Gasteiger charge is 2.23. The van der Waals surface area contributed by atoms with Crippen LogP contribution in [0.15, 0.2) is 36.4 Å². The van der Waals surface area contributed by atoms with Gasteiger partial charge in [-0.1, -0.05) is 66.2 Å². The Bertz CT molecular complexity index is 1040. The number of unbranched alkanes of at least 4 members (excludes halogenated alkanes) is 1. The van der Waals surface area contributed by atoms with Crippen molar-refractivity contribution in [2.75, 3.05) is 33.2 Å². The summed E-state index contributed by atoms with van der Waals surface area (Å²) in [7, 11) is 2.03. The molecule has 7 heteroatoms. The van der Waals surface area contributed by atoms with Gasteiger partial charge in [0.05, 0.1) is 19.6 Å². The summed E-state index contributed by atoms with van der Waals surface area (Å²) < 4.78 is 0. The number of carbonyl (C=O) groups is 1. The van der Waals surface area contributed by atoms with Crippen LogP contribution < -0.4 is 10.2 Å². The molecule has 3 N–H and O–H groups in total. The van der Waals surface area contributed by atoms with Gasteiger partial charge in [-0.15, -0.1) is 15.0 Å². The second kappa shape index (κ2) is 17.7. The number of fused-ring (bicyclic) bond motifs is 1. The van der Waals surface area contributed by atoms with Crippen LogP contribution in [0.3, 0.4) is 0 Å². The van der Waals surface area contributed by atoms with Crippen molar-refractivity contribution in [3.05, 3.63) is 47.5 Å². The molecule has 0 bridgehead atoms. The maximum absolute atomic E-state index is 10.8. The molecule has 212 valence electrons. The fourth-order valence-electron chi connectivity index (χ4n) is 4.16. The number of aromatic hydroxyl groups is 1. The Morgan fingerprint density at radius 3 is 2.13 bits per heavy atom. The average molecular weight is 527 g/mol. The van der Waals surface area contributed by atoms with Gasteiger partial charge >= 0.3 is 0 Å². The summed E-state index contributed by atoms with van der Waals surface area (Å²) in [5.41, 5.74) is 3.66. The Kier molecular flexibility index (Phi) is 15.5. The highest BCUT2D eigenvalue weighted by atomic mass is 16.3. The van der Waals surface area contributed by atoms with Crippen LogP contribution in [0, 0.1) is 0 Å². The molecule has 2 aromatic carbocycles. The molecular formula is C31H52N5O2+. The maximum Gasteiger partial charge on any atom is 0.146 e. The smallest absolute Gasteiger partial charge is 0.146 e. The first-order valence-corrected chi connectivity index (χ1v) is 14.4. The third-order valence-corrected chi connectivity index (χ3v) is 6.35. The van der Waals surface area contributed by atoms with Gasteiger partial charge in [0, 0.05) is 24.9 Å².